The van der Waals surface area contributed by atoms with Crippen molar-refractivity contribution in [3.63, 3.8) is 0 Å². The maximum atomic E-state index is 11.8. The molecule has 1 aromatic heterocycles. The molecule has 0 saturated heterocycles. The average Bonchev–Trinajstić information content (AvgIpc) is 3.06. The summed E-state index contributed by atoms with van der Waals surface area (Å²) in [5.74, 6) is 0.457. The van der Waals surface area contributed by atoms with E-state index in [9.17, 15) is 9.59 Å². The highest BCUT2D eigenvalue weighted by Gasteiger charge is 2.02. The molecule has 5 heteroatoms. The number of nitrogens with one attached hydrogen (secondary N) is 1. The molecule has 1 amide bonds. The van der Waals surface area contributed by atoms with E-state index in [-0.39, 0.29) is 18.3 Å². The third kappa shape index (κ3) is 4.86. The molecule has 0 aliphatic heterocycles. The Morgan fingerprint density at radius 3 is 2.64 bits per heavy atom. The Hall–Kier alpha value is -2.40. The molecule has 1 heterocycles. The van der Waals surface area contributed by atoms with Gasteiger partial charge in [-0.3, -0.25) is 9.59 Å². The number of allylic oxidation sites excluding steroid dienone is 1. The fraction of sp³-hybridized carbons (Fsp3) is 0.176. The van der Waals surface area contributed by atoms with Crippen molar-refractivity contribution >= 4 is 29.1 Å². The number of likely N-dealkylation sites (N-methyl/N-ethyl adjacent to an activating group) is 1. The zero-order valence-electron chi connectivity index (χ0n) is 12.2. The lowest BCUT2D eigenvalue weighted by atomic mass is 10.1. The highest BCUT2D eigenvalue weighted by atomic mass is 32.1. The van der Waals surface area contributed by atoms with E-state index in [1.807, 2.05) is 29.8 Å². The summed E-state index contributed by atoms with van der Waals surface area (Å²) in [4.78, 5) is 23.1. The highest BCUT2D eigenvalue weighted by molar-refractivity contribution is 7.08. The van der Waals surface area contributed by atoms with Gasteiger partial charge < -0.3 is 10.1 Å². The van der Waals surface area contributed by atoms with Crippen LogP contribution in [0.1, 0.15) is 22.8 Å². The van der Waals surface area contributed by atoms with E-state index >= 15 is 0 Å². The third-order valence-corrected chi connectivity index (χ3v) is 3.54. The molecule has 0 radical (unpaired) electrons. The van der Waals surface area contributed by atoms with Gasteiger partial charge in [0.15, 0.2) is 12.4 Å². The lowest BCUT2D eigenvalue weighted by Crippen LogP contribution is -2.28. The van der Waals surface area contributed by atoms with Crippen LogP contribution in [0.2, 0.25) is 0 Å². The molecule has 0 saturated carbocycles. The van der Waals surface area contributed by atoms with Gasteiger partial charge in [-0.15, -0.1) is 0 Å². The number of benzene rings is 1. The molecule has 0 unspecified atom stereocenters. The highest BCUT2D eigenvalue weighted by Crippen LogP contribution is 2.14. The van der Waals surface area contributed by atoms with Crippen LogP contribution >= 0.6 is 11.3 Å². The lowest BCUT2D eigenvalue weighted by molar-refractivity contribution is -0.122. The van der Waals surface area contributed by atoms with Gasteiger partial charge in [-0.2, -0.15) is 11.3 Å². The second-order valence-electron chi connectivity index (χ2n) is 4.52. The molecular formula is C17H17NO3S. The first-order chi connectivity index (χ1) is 10.7. The number of thiophene rings is 1. The summed E-state index contributed by atoms with van der Waals surface area (Å²) in [7, 11) is 0. The number of hydrogen-bond acceptors (Lipinski definition) is 4. The van der Waals surface area contributed by atoms with E-state index in [0.29, 0.717) is 17.9 Å². The first kappa shape index (κ1) is 16.0. The number of ketones is 1. The summed E-state index contributed by atoms with van der Waals surface area (Å²) in [5.41, 5.74) is 1.59. The van der Waals surface area contributed by atoms with Crippen molar-refractivity contribution in [2.45, 2.75) is 6.92 Å². The molecule has 0 atom stereocenters. The van der Waals surface area contributed by atoms with Crippen molar-refractivity contribution in [2.75, 3.05) is 13.2 Å². The van der Waals surface area contributed by atoms with Crippen LogP contribution < -0.4 is 10.1 Å². The molecule has 1 aromatic carbocycles. The first-order valence-corrected chi connectivity index (χ1v) is 7.87. The Balaban J connectivity index is 1.89. The predicted octanol–water partition coefficient (Wildman–Crippen LogP) is 3.16. The number of carbonyl (C=O) groups is 2. The van der Waals surface area contributed by atoms with E-state index in [0.717, 1.165) is 5.56 Å². The Bertz CT molecular complexity index is 645. The molecule has 2 rings (SSSR count). The minimum absolute atomic E-state index is 0.000329. The summed E-state index contributed by atoms with van der Waals surface area (Å²) in [6.45, 7) is 2.44. The molecule has 0 aliphatic carbocycles. The van der Waals surface area contributed by atoms with Crippen LogP contribution in [0.15, 0.2) is 47.2 Å². The molecule has 4 nitrogen and oxygen atoms in total. The van der Waals surface area contributed by atoms with Crippen LogP contribution in [-0.4, -0.2) is 24.8 Å². The molecule has 0 aliphatic rings. The van der Waals surface area contributed by atoms with E-state index in [1.54, 1.807) is 30.4 Å². The second-order valence-corrected chi connectivity index (χ2v) is 5.30. The van der Waals surface area contributed by atoms with Crippen molar-refractivity contribution in [2.24, 2.45) is 0 Å². The SMILES string of the molecule is CCNC(=O)COc1ccc(/C=C\C(=O)c2ccsc2)cc1. The summed E-state index contributed by atoms with van der Waals surface area (Å²) >= 11 is 1.50. The fourth-order valence-corrected chi connectivity index (χ4v) is 2.39. The van der Waals surface area contributed by atoms with Gasteiger partial charge in [0.2, 0.25) is 0 Å². The number of amides is 1. The van der Waals surface area contributed by atoms with E-state index in [2.05, 4.69) is 5.32 Å². The van der Waals surface area contributed by atoms with Gasteiger partial charge >= 0.3 is 0 Å². The number of rotatable bonds is 7. The Morgan fingerprint density at radius 2 is 2.00 bits per heavy atom. The molecule has 0 fully saturated rings. The van der Waals surface area contributed by atoms with E-state index in [4.69, 9.17) is 4.74 Å². The minimum Gasteiger partial charge on any atom is -0.484 e. The first-order valence-electron chi connectivity index (χ1n) is 6.93. The Kier molecular flexibility index (Phi) is 5.91. The van der Waals surface area contributed by atoms with Crippen molar-refractivity contribution in [3.05, 3.63) is 58.3 Å². The van der Waals surface area contributed by atoms with Gasteiger partial charge in [0.05, 0.1) is 0 Å². The third-order valence-electron chi connectivity index (χ3n) is 2.86. The van der Waals surface area contributed by atoms with Crippen LogP contribution in [0.4, 0.5) is 0 Å². The Labute approximate surface area is 133 Å². The van der Waals surface area contributed by atoms with E-state index < -0.39 is 0 Å². The van der Waals surface area contributed by atoms with Crippen LogP contribution in [0.25, 0.3) is 6.08 Å². The topological polar surface area (TPSA) is 55.4 Å². The lowest BCUT2D eigenvalue weighted by Gasteiger charge is -2.06. The number of carbonyl (C=O) groups excluding carboxylic acids is 2. The molecule has 0 bridgehead atoms. The minimum atomic E-state index is -0.146. The average molecular weight is 315 g/mol. The van der Waals surface area contributed by atoms with Gasteiger partial charge in [-0.1, -0.05) is 18.2 Å². The van der Waals surface area contributed by atoms with Crippen molar-refractivity contribution in [3.8, 4) is 5.75 Å². The maximum Gasteiger partial charge on any atom is 0.257 e. The fourth-order valence-electron chi connectivity index (χ4n) is 1.75. The van der Waals surface area contributed by atoms with Crippen molar-refractivity contribution in [1.82, 2.24) is 5.32 Å². The standard InChI is InChI=1S/C17H17NO3S/c1-2-18-17(20)11-21-15-6-3-13(4-7-15)5-8-16(19)14-9-10-22-12-14/h3-10,12H,2,11H2,1H3,(H,18,20)/b8-5-. The zero-order valence-corrected chi connectivity index (χ0v) is 13.1. The van der Waals surface area contributed by atoms with Gasteiger partial charge in [-0.05, 0) is 42.1 Å². The van der Waals surface area contributed by atoms with Crippen LogP contribution in [0.5, 0.6) is 5.75 Å². The van der Waals surface area contributed by atoms with Crippen LogP contribution in [0.3, 0.4) is 0 Å². The predicted molar refractivity (Wildman–Crippen MR) is 88.3 cm³/mol. The van der Waals surface area contributed by atoms with Crippen molar-refractivity contribution < 1.29 is 14.3 Å². The largest absolute Gasteiger partial charge is 0.484 e. The molecule has 22 heavy (non-hydrogen) atoms. The zero-order chi connectivity index (χ0) is 15.8. The Morgan fingerprint density at radius 1 is 1.23 bits per heavy atom. The molecule has 2 aromatic rings. The normalized spacial score (nSPS) is 10.6. The summed E-state index contributed by atoms with van der Waals surface area (Å²) in [6.07, 6.45) is 3.31. The van der Waals surface area contributed by atoms with E-state index in [1.165, 1.54) is 11.3 Å². The van der Waals surface area contributed by atoms with Crippen molar-refractivity contribution in [1.29, 1.82) is 0 Å². The number of hydrogen-bond donors (Lipinski definition) is 1. The molecule has 1 N–H and O–H groups in total. The smallest absolute Gasteiger partial charge is 0.257 e. The molecule has 0 spiro atoms. The van der Waals surface area contributed by atoms with Gasteiger partial charge in [0.25, 0.3) is 5.91 Å². The maximum absolute atomic E-state index is 11.8. The van der Waals surface area contributed by atoms with Gasteiger partial charge in [0.1, 0.15) is 5.75 Å². The molecular weight excluding hydrogens is 298 g/mol. The van der Waals surface area contributed by atoms with Gasteiger partial charge in [0, 0.05) is 17.5 Å². The van der Waals surface area contributed by atoms with Gasteiger partial charge in [-0.25, -0.2) is 0 Å². The monoisotopic (exact) mass is 315 g/mol. The van der Waals surface area contributed by atoms with Crippen LogP contribution in [-0.2, 0) is 4.79 Å². The quantitative estimate of drug-likeness (QED) is 0.631. The summed E-state index contributed by atoms with van der Waals surface area (Å²) in [5, 5.41) is 6.36. The molecule has 114 valence electrons. The second kappa shape index (κ2) is 8.14. The van der Waals surface area contributed by atoms with Crippen LogP contribution in [0, 0.1) is 0 Å². The summed E-state index contributed by atoms with van der Waals surface area (Å²) in [6, 6.07) is 9.02. The number of ether oxygens (including phenoxy) is 1. The summed E-state index contributed by atoms with van der Waals surface area (Å²) < 4.78 is 5.36.